The zero-order valence-electron chi connectivity index (χ0n) is 12.9. The van der Waals surface area contributed by atoms with E-state index in [2.05, 4.69) is 9.71 Å². The van der Waals surface area contributed by atoms with Crippen molar-refractivity contribution in [2.45, 2.75) is 11.3 Å². The van der Waals surface area contributed by atoms with E-state index in [1.54, 1.807) is 6.07 Å². The fraction of sp³-hybridized carbons (Fsp3) is 0.118. The summed E-state index contributed by atoms with van der Waals surface area (Å²) >= 11 is 11.7. The molecule has 0 spiro atoms. The summed E-state index contributed by atoms with van der Waals surface area (Å²) in [5, 5.41) is 1.34. The van der Waals surface area contributed by atoms with E-state index in [4.69, 9.17) is 23.2 Å². The SMILES string of the molecule is O=c1[nH]c2ccccc2cc1CCNS(=O)(=O)c1ccc(Cl)c(Cl)c1. The summed E-state index contributed by atoms with van der Waals surface area (Å²) in [4.78, 5) is 14.9. The van der Waals surface area contributed by atoms with Gasteiger partial charge in [-0.15, -0.1) is 0 Å². The molecule has 0 saturated heterocycles. The average molecular weight is 397 g/mol. The molecule has 2 aromatic carbocycles. The van der Waals surface area contributed by atoms with Crippen molar-refractivity contribution in [3.05, 3.63) is 74.5 Å². The van der Waals surface area contributed by atoms with Crippen molar-refractivity contribution in [2.75, 3.05) is 6.54 Å². The summed E-state index contributed by atoms with van der Waals surface area (Å²) in [7, 11) is -3.73. The highest BCUT2D eigenvalue weighted by atomic mass is 35.5. The molecule has 5 nitrogen and oxygen atoms in total. The van der Waals surface area contributed by atoms with Crippen LogP contribution in [-0.4, -0.2) is 19.9 Å². The third-order valence-electron chi connectivity index (χ3n) is 3.72. The van der Waals surface area contributed by atoms with Crippen LogP contribution >= 0.6 is 23.2 Å². The fourth-order valence-electron chi connectivity index (χ4n) is 2.43. The first kappa shape index (κ1) is 17.9. The zero-order valence-corrected chi connectivity index (χ0v) is 15.3. The number of hydrogen-bond donors (Lipinski definition) is 2. The lowest BCUT2D eigenvalue weighted by Crippen LogP contribution is -2.27. The smallest absolute Gasteiger partial charge is 0.251 e. The lowest BCUT2D eigenvalue weighted by Gasteiger charge is -2.08. The zero-order chi connectivity index (χ0) is 18.0. The molecule has 0 fully saturated rings. The van der Waals surface area contributed by atoms with Gasteiger partial charge in [0.1, 0.15) is 0 Å². The topological polar surface area (TPSA) is 79.0 Å². The van der Waals surface area contributed by atoms with Crippen LogP contribution in [0.15, 0.2) is 58.2 Å². The number of aromatic amines is 1. The van der Waals surface area contributed by atoms with Crippen molar-refractivity contribution in [1.29, 1.82) is 0 Å². The molecule has 0 unspecified atom stereocenters. The molecule has 25 heavy (non-hydrogen) atoms. The molecule has 3 aromatic rings. The highest BCUT2D eigenvalue weighted by Crippen LogP contribution is 2.24. The van der Waals surface area contributed by atoms with Crippen LogP contribution in [0.4, 0.5) is 0 Å². The Morgan fingerprint density at radius 3 is 2.52 bits per heavy atom. The second-order valence-corrected chi connectivity index (χ2v) is 8.02. The number of sulfonamides is 1. The number of hydrogen-bond acceptors (Lipinski definition) is 3. The Kier molecular flexibility index (Phi) is 5.15. The van der Waals surface area contributed by atoms with E-state index in [9.17, 15) is 13.2 Å². The highest BCUT2D eigenvalue weighted by molar-refractivity contribution is 7.89. The van der Waals surface area contributed by atoms with Gasteiger partial charge in [-0.1, -0.05) is 41.4 Å². The Balaban J connectivity index is 1.75. The van der Waals surface area contributed by atoms with Crippen LogP contribution in [0.25, 0.3) is 10.9 Å². The molecule has 0 bridgehead atoms. The molecule has 130 valence electrons. The van der Waals surface area contributed by atoms with Gasteiger partial charge in [0.25, 0.3) is 5.56 Å². The summed E-state index contributed by atoms with van der Waals surface area (Å²) in [6.07, 6.45) is 0.265. The molecule has 0 saturated carbocycles. The third-order valence-corrected chi connectivity index (χ3v) is 5.92. The van der Waals surface area contributed by atoms with Gasteiger partial charge < -0.3 is 4.98 Å². The minimum atomic E-state index is -3.73. The summed E-state index contributed by atoms with van der Waals surface area (Å²) in [6.45, 7) is 0.0873. The van der Waals surface area contributed by atoms with Crippen molar-refractivity contribution in [3.63, 3.8) is 0 Å². The molecule has 0 atom stereocenters. The van der Waals surface area contributed by atoms with Gasteiger partial charge in [0.05, 0.1) is 14.9 Å². The van der Waals surface area contributed by atoms with Gasteiger partial charge in [-0.3, -0.25) is 4.79 Å². The number of nitrogens with one attached hydrogen (secondary N) is 2. The van der Waals surface area contributed by atoms with E-state index in [-0.39, 0.29) is 33.5 Å². The molecule has 0 aliphatic carbocycles. The third kappa shape index (κ3) is 4.04. The van der Waals surface area contributed by atoms with Crippen LogP contribution < -0.4 is 10.3 Å². The van der Waals surface area contributed by atoms with Crippen molar-refractivity contribution in [2.24, 2.45) is 0 Å². The standard InChI is InChI=1S/C17H14Cl2N2O3S/c18-14-6-5-13(10-15(14)19)25(23,24)20-8-7-12-9-11-3-1-2-4-16(11)21-17(12)22/h1-6,9-10,20H,7-8H2,(H,21,22). The number of benzene rings is 2. The molecule has 0 aliphatic heterocycles. The molecular formula is C17H14Cl2N2O3S. The van der Waals surface area contributed by atoms with E-state index in [1.807, 2.05) is 24.3 Å². The number of para-hydroxylation sites is 1. The van der Waals surface area contributed by atoms with Gasteiger partial charge in [-0.25, -0.2) is 13.1 Å². The van der Waals surface area contributed by atoms with Gasteiger partial charge in [0.15, 0.2) is 0 Å². The van der Waals surface area contributed by atoms with Crippen molar-refractivity contribution < 1.29 is 8.42 Å². The second-order valence-electron chi connectivity index (χ2n) is 5.43. The van der Waals surface area contributed by atoms with Crippen molar-refractivity contribution >= 4 is 44.1 Å². The number of rotatable bonds is 5. The lowest BCUT2D eigenvalue weighted by molar-refractivity contribution is 0.581. The quantitative estimate of drug-likeness (QED) is 0.693. The largest absolute Gasteiger partial charge is 0.322 e. The van der Waals surface area contributed by atoms with Gasteiger partial charge in [-0.2, -0.15) is 0 Å². The molecule has 2 N–H and O–H groups in total. The molecular weight excluding hydrogens is 383 g/mol. The maximum Gasteiger partial charge on any atom is 0.251 e. The number of fused-ring (bicyclic) bond motifs is 1. The van der Waals surface area contributed by atoms with Gasteiger partial charge in [0.2, 0.25) is 10.0 Å². The van der Waals surface area contributed by atoms with E-state index in [0.717, 1.165) is 10.9 Å². The molecule has 8 heteroatoms. The molecule has 0 radical (unpaired) electrons. The Bertz CT molecular complexity index is 1090. The van der Waals surface area contributed by atoms with Gasteiger partial charge in [-0.05, 0) is 42.1 Å². The number of halogens is 2. The van der Waals surface area contributed by atoms with Crippen LogP contribution in [-0.2, 0) is 16.4 Å². The van der Waals surface area contributed by atoms with Crippen LogP contribution in [0.2, 0.25) is 10.0 Å². The van der Waals surface area contributed by atoms with E-state index in [0.29, 0.717) is 5.56 Å². The monoisotopic (exact) mass is 396 g/mol. The normalized spacial score (nSPS) is 11.8. The fourth-order valence-corrected chi connectivity index (χ4v) is 3.85. The molecule has 1 aromatic heterocycles. The summed E-state index contributed by atoms with van der Waals surface area (Å²) < 4.78 is 27.0. The predicted octanol–water partition coefficient (Wildman–Crippen LogP) is 3.36. The number of aromatic nitrogens is 1. The second kappa shape index (κ2) is 7.17. The number of pyridine rings is 1. The minimum absolute atomic E-state index is 0.0225. The maximum absolute atomic E-state index is 12.3. The van der Waals surface area contributed by atoms with Gasteiger partial charge >= 0.3 is 0 Å². The van der Waals surface area contributed by atoms with Crippen LogP contribution in [0.3, 0.4) is 0 Å². The lowest BCUT2D eigenvalue weighted by atomic mass is 10.1. The molecule has 0 amide bonds. The van der Waals surface area contributed by atoms with E-state index in [1.165, 1.54) is 18.2 Å². The maximum atomic E-state index is 12.3. The van der Waals surface area contributed by atoms with E-state index >= 15 is 0 Å². The van der Waals surface area contributed by atoms with Crippen LogP contribution in [0.1, 0.15) is 5.56 Å². The Morgan fingerprint density at radius 2 is 1.76 bits per heavy atom. The first-order valence-electron chi connectivity index (χ1n) is 7.42. The number of H-pyrrole nitrogens is 1. The van der Waals surface area contributed by atoms with Crippen molar-refractivity contribution in [3.8, 4) is 0 Å². The van der Waals surface area contributed by atoms with E-state index < -0.39 is 10.0 Å². The first-order valence-corrected chi connectivity index (χ1v) is 9.66. The Labute approximate surface area is 154 Å². The summed E-state index contributed by atoms with van der Waals surface area (Å²) in [5.74, 6) is 0. The Hall–Kier alpha value is -1.86. The van der Waals surface area contributed by atoms with Crippen LogP contribution in [0.5, 0.6) is 0 Å². The first-order chi connectivity index (χ1) is 11.9. The van der Waals surface area contributed by atoms with Crippen LogP contribution in [0, 0.1) is 0 Å². The summed E-state index contributed by atoms with van der Waals surface area (Å²) in [5.41, 5.74) is 1.02. The van der Waals surface area contributed by atoms with Crippen molar-refractivity contribution in [1.82, 2.24) is 9.71 Å². The molecule has 3 rings (SSSR count). The highest BCUT2D eigenvalue weighted by Gasteiger charge is 2.15. The molecule has 1 heterocycles. The average Bonchev–Trinajstić information content (AvgIpc) is 2.57. The minimum Gasteiger partial charge on any atom is -0.322 e. The van der Waals surface area contributed by atoms with Gasteiger partial charge in [0, 0.05) is 17.6 Å². The predicted molar refractivity (Wildman–Crippen MR) is 99.9 cm³/mol. The molecule has 0 aliphatic rings. The Morgan fingerprint density at radius 1 is 1.00 bits per heavy atom. The summed E-state index contributed by atoms with van der Waals surface area (Å²) in [6, 6.07) is 13.3.